The predicted molar refractivity (Wildman–Crippen MR) is 99.6 cm³/mol. The van der Waals surface area contributed by atoms with Crippen LogP contribution < -0.4 is 11.2 Å². The molecule has 1 aliphatic rings. The Bertz CT molecular complexity index is 1230. The van der Waals surface area contributed by atoms with E-state index in [0.29, 0.717) is 12.2 Å². The van der Waals surface area contributed by atoms with Crippen LogP contribution in [0.15, 0.2) is 38.8 Å². The van der Waals surface area contributed by atoms with E-state index < -0.39 is 28.8 Å². The van der Waals surface area contributed by atoms with E-state index >= 15 is 0 Å². The fourth-order valence-corrected chi connectivity index (χ4v) is 4.72. The number of benzene rings is 2. The molecule has 0 radical (unpaired) electrons. The van der Waals surface area contributed by atoms with Gasteiger partial charge in [0.25, 0.3) is 5.56 Å². The molecular weight excluding hydrogens is 420 g/mol. The summed E-state index contributed by atoms with van der Waals surface area (Å²) in [6, 6.07) is 4.05. The summed E-state index contributed by atoms with van der Waals surface area (Å²) in [6.07, 6.45) is -4.24. The number of thioether (sulfide) groups is 1. The monoisotopic (exact) mass is 430 g/mol. The summed E-state index contributed by atoms with van der Waals surface area (Å²) in [5.41, 5.74) is -2.60. The number of rotatable bonds is 1. The van der Waals surface area contributed by atoms with Crippen LogP contribution in [0.25, 0.3) is 22.0 Å². The van der Waals surface area contributed by atoms with E-state index in [4.69, 9.17) is 11.6 Å². The van der Waals surface area contributed by atoms with Crippen LogP contribution in [0.5, 0.6) is 0 Å². The Kier molecular flexibility index (Phi) is 4.54. The van der Waals surface area contributed by atoms with E-state index in [-0.39, 0.29) is 38.5 Å². The number of halogens is 5. The molecule has 3 aromatic rings. The minimum Gasteiger partial charge on any atom is -0.292 e. The smallest absolute Gasteiger partial charge is 0.292 e. The van der Waals surface area contributed by atoms with Gasteiger partial charge in [-0.25, -0.2) is 9.18 Å². The molecule has 10 heteroatoms. The van der Waals surface area contributed by atoms with Gasteiger partial charge in [-0.15, -0.1) is 11.8 Å². The third kappa shape index (κ3) is 3.02. The fourth-order valence-electron chi connectivity index (χ4n) is 3.34. The van der Waals surface area contributed by atoms with Gasteiger partial charge < -0.3 is 0 Å². The molecule has 0 saturated heterocycles. The van der Waals surface area contributed by atoms with Crippen LogP contribution in [-0.2, 0) is 12.7 Å². The first-order valence-electron chi connectivity index (χ1n) is 8.17. The quantitative estimate of drug-likeness (QED) is 0.571. The number of hydrogen-bond acceptors (Lipinski definition) is 3. The van der Waals surface area contributed by atoms with Crippen molar-refractivity contribution in [2.75, 3.05) is 5.75 Å². The van der Waals surface area contributed by atoms with Crippen molar-refractivity contribution in [2.45, 2.75) is 24.0 Å². The highest BCUT2D eigenvalue weighted by molar-refractivity contribution is 7.99. The van der Waals surface area contributed by atoms with Crippen molar-refractivity contribution in [3.8, 4) is 11.1 Å². The van der Waals surface area contributed by atoms with Crippen molar-refractivity contribution < 1.29 is 17.6 Å². The zero-order valence-corrected chi connectivity index (χ0v) is 15.6. The van der Waals surface area contributed by atoms with Crippen molar-refractivity contribution in [1.82, 2.24) is 9.55 Å². The first-order chi connectivity index (χ1) is 13.2. The first kappa shape index (κ1) is 19.1. The first-order valence-corrected chi connectivity index (χ1v) is 9.54. The van der Waals surface area contributed by atoms with Crippen LogP contribution in [0, 0.1) is 5.82 Å². The van der Waals surface area contributed by atoms with Gasteiger partial charge in [0.15, 0.2) is 0 Å². The third-order valence-corrected chi connectivity index (χ3v) is 5.99. The lowest BCUT2D eigenvalue weighted by atomic mass is 9.96. The number of H-pyrrole nitrogens is 1. The maximum Gasteiger partial charge on any atom is 0.417 e. The molecule has 0 atom stereocenters. The molecule has 0 unspecified atom stereocenters. The topological polar surface area (TPSA) is 54.9 Å². The van der Waals surface area contributed by atoms with Gasteiger partial charge >= 0.3 is 11.9 Å². The van der Waals surface area contributed by atoms with Crippen LogP contribution in [0.2, 0.25) is 5.02 Å². The number of aryl methyl sites for hydroxylation is 1. The summed E-state index contributed by atoms with van der Waals surface area (Å²) >= 11 is 6.93. The molecule has 0 fully saturated rings. The Morgan fingerprint density at radius 2 is 1.93 bits per heavy atom. The summed E-state index contributed by atoms with van der Waals surface area (Å²) in [5, 5.41) is -0.534. The minimum atomic E-state index is -4.78. The molecule has 0 aliphatic carbocycles. The standard InChI is InChI=1S/C18H11ClF4N2O2S/c19-11-6-8(2-3-12(11)20)13-10(18(21,22)23)7-9-14-15(13)28-5-1-4-25(14)17(27)24-16(9)26/h2-3,6-7H,1,4-5H2,(H,24,26,27). The Morgan fingerprint density at radius 1 is 1.18 bits per heavy atom. The molecule has 4 rings (SSSR count). The molecular formula is C18H11ClF4N2O2S. The molecule has 1 aromatic heterocycles. The number of nitrogens with one attached hydrogen (secondary N) is 1. The van der Waals surface area contributed by atoms with E-state index in [1.54, 1.807) is 0 Å². The average molecular weight is 431 g/mol. The Hall–Kier alpha value is -2.26. The summed E-state index contributed by atoms with van der Waals surface area (Å²) in [4.78, 5) is 26.8. The molecule has 0 bridgehead atoms. The van der Waals surface area contributed by atoms with Crippen LogP contribution in [0.4, 0.5) is 17.6 Å². The van der Waals surface area contributed by atoms with E-state index in [1.165, 1.54) is 10.6 Å². The van der Waals surface area contributed by atoms with Gasteiger partial charge in [0.05, 0.1) is 21.5 Å². The maximum atomic E-state index is 13.9. The van der Waals surface area contributed by atoms with Crippen LogP contribution in [-0.4, -0.2) is 15.3 Å². The number of aromatic nitrogens is 2. The van der Waals surface area contributed by atoms with Crippen molar-refractivity contribution in [3.63, 3.8) is 0 Å². The van der Waals surface area contributed by atoms with Crippen molar-refractivity contribution in [3.05, 3.63) is 61.5 Å². The van der Waals surface area contributed by atoms with Crippen molar-refractivity contribution in [2.24, 2.45) is 0 Å². The fraction of sp³-hybridized carbons (Fsp3) is 0.222. The van der Waals surface area contributed by atoms with Gasteiger partial charge in [0.1, 0.15) is 5.82 Å². The average Bonchev–Trinajstić information content (AvgIpc) is 2.84. The highest BCUT2D eigenvalue weighted by atomic mass is 35.5. The molecule has 1 N–H and O–H groups in total. The maximum absolute atomic E-state index is 13.9. The minimum absolute atomic E-state index is 0.0595. The predicted octanol–water partition coefficient (Wildman–Crippen LogP) is 4.66. The zero-order valence-electron chi connectivity index (χ0n) is 14.0. The molecule has 4 nitrogen and oxygen atoms in total. The van der Waals surface area contributed by atoms with Crippen LogP contribution >= 0.6 is 23.4 Å². The zero-order chi connectivity index (χ0) is 20.2. The number of alkyl halides is 3. The van der Waals surface area contributed by atoms with Gasteiger partial charge in [-0.05, 0) is 35.9 Å². The van der Waals surface area contributed by atoms with Gasteiger partial charge in [0.2, 0.25) is 0 Å². The number of hydrogen-bond donors (Lipinski definition) is 1. The molecule has 2 heterocycles. The van der Waals surface area contributed by atoms with Gasteiger partial charge in [0, 0.05) is 17.0 Å². The van der Waals surface area contributed by atoms with E-state index in [9.17, 15) is 27.2 Å². The second-order valence-corrected chi connectivity index (χ2v) is 7.78. The largest absolute Gasteiger partial charge is 0.417 e. The lowest BCUT2D eigenvalue weighted by Crippen LogP contribution is -2.30. The number of nitrogens with zero attached hydrogens (tertiary/aromatic N) is 1. The molecule has 0 spiro atoms. The van der Waals surface area contributed by atoms with E-state index in [1.807, 2.05) is 0 Å². The second kappa shape index (κ2) is 6.66. The Labute approximate surface area is 164 Å². The van der Waals surface area contributed by atoms with E-state index in [2.05, 4.69) is 4.98 Å². The van der Waals surface area contributed by atoms with Crippen molar-refractivity contribution in [1.29, 1.82) is 0 Å². The lowest BCUT2D eigenvalue weighted by Gasteiger charge is -2.20. The molecule has 0 saturated carbocycles. The summed E-state index contributed by atoms with van der Waals surface area (Å²) in [6.45, 7) is 0.265. The van der Waals surface area contributed by atoms with Crippen LogP contribution in [0.3, 0.4) is 0 Å². The highest BCUT2D eigenvalue weighted by Crippen LogP contribution is 2.46. The third-order valence-electron chi connectivity index (χ3n) is 4.52. The Morgan fingerprint density at radius 3 is 2.61 bits per heavy atom. The van der Waals surface area contributed by atoms with Gasteiger partial charge in [-0.2, -0.15) is 13.2 Å². The molecule has 146 valence electrons. The van der Waals surface area contributed by atoms with Crippen LogP contribution in [0.1, 0.15) is 12.0 Å². The Balaban J connectivity index is 2.24. The normalized spacial score (nSPS) is 14.3. The van der Waals surface area contributed by atoms with Crippen molar-refractivity contribution >= 4 is 34.3 Å². The molecule has 1 aliphatic heterocycles. The second-order valence-electron chi connectivity index (χ2n) is 6.26. The summed E-state index contributed by atoms with van der Waals surface area (Å²) in [7, 11) is 0. The molecule has 2 aromatic carbocycles. The van der Waals surface area contributed by atoms with Gasteiger partial charge in [-0.3, -0.25) is 14.3 Å². The summed E-state index contributed by atoms with van der Waals surface area (Å²) in [5.74, 6) is -0.306. The summed E-state index contributed by atoms with van der Waals surface area (Å²) < 4.78 is 56.5. The van der Waals surface area contributed by atoms with Gasteiger partial charge in [-0.1, -0.05) is 17.7 Å². The molecule has 0 amide bonds. The molecule has 28 heavy (non-hydrogen) atoms. The highest BCUT2D eigenvalue weighted by Gasteiger charge is 2.37. The SMILES string of the molecule is O=c1[nH]c(=O)n2c3c(c(-c4ccc(F)c(Cl)c4)c(C(F)(F)F)cc13)SCCC2. The lowest BCUT2D eigenvalue weighted by molar-refractivity contribution is -0.137. The number of aromatic amines is 1. The van der Waals surface area contributed by atoms with E-state index in [0.717, 1.165) is 30.0 Å².